The normalized spacial score (nSPS) is 11.6. The number of benzene rings is 1. The number of nitrogens with one attached hydrogen (secondary N) is 2. The van der Waals surface area contributed by atoms with E-state index in [2.05, 4.69) is 17.2 Å². The summed E-state index contributed by atoms with van der Waals surface area (Å²) in [5.74, 6) is 0. The highest BCUT2D eigenvalue weighted by Gasteiger charge is 2.08. The first-order valence-corrected chi connectivity index (χ1v) is 5.42. The summed E-state index contributed by atoms with van der Waals surface area (Å²) in [6.07, 6.45) is 1.63. The Hall–Kier alpha value is -1.48. The maximum absolute atomic E-state index is 11.4. The lowest BCUT2D eigenvalue weighted by molar-refractivity contribution is 0.239. The standard InChI is InChI=1S/C12H15ClN2O/c1-3-7-14-12(16)15-9(2)10-5-4-6-11(13)8-10/h3-6,8-9H,1,7H2,2H3,(H2,14,15,16). The van der Waals surface area contributed by atoms with E-state index in [1.807, 2.05) is 25.1 Å². The number of hydrogen-bond donors (Lipinski definition) is 2. The Bertz CT molecular complexity index is 379. The fraction of sp³-hybridized carbons (Fsp3) is 0.250. The summed E-state index contributed by atoms with van der Waals surface area (Å²) in [6.45, 7) is 5.88. The van der Waals surface area contributed by atoms with Crippen molar-refractivity contribution in [2.24, 2.45) is 0 Å². The number of rotatable bonds is 4. The molecule has 0 radical (unpaired) electrons. The van der Waals surface area contributed by atoms with E-state index in [1.165, 1.54) is 0 Å². The number of halogens is 1. The SMILES string of the molecule is C=CCNC(=O)NC(C)c1cccc(Cl)c1. The third kappa shape index (κ3) is 3.95. The molecule has 0 aliphatic heterocycles. The van der Waals surface area contributed by atoms with Gasteiger partial charge in [-0.3, -0.25) is 0 Å². The van der Waals surface area contributed by atoms with Crippen LogP contribution in [0, 0.1) is 0 Å². The quantitative estimate of drug-likeness (QED) is 0.779. The van der Waals surface area contributed by atoms with Crippen molar-refractivity contribution in [3.63, 3.8) is 0 Å². The van der Waals surface area contributed by atoms with Crippen LogP contribution in [0.15, 0.2) is 36.9 Å². The van der Waals surface area contributed by atoms with Gasteiger partial charge in [0, 0.05) is 11.6 Å². The van der Waals surface area contributed by atoms with Crippen LogP contribution in [0.4, 0.5) is 4.79 Å². The largest absolute Gasteiger partial charge is 0.335 e. The van der Waals surface area contributed by atoms with Crippen molar-refractivity contribution < 1.29 is 4.79 Å². The molecule has 0 aliphatic rings. The highest BCUT2D eigenvalue weighted by atomic mass is 35.5. The Morgan fingerprint density at radius 3 is 3.00 bits per heavy atom. The van der Waals surface area contributed by atoms with E-state index in [9.17, 15) is 4.79 Å². The van der Waals surface area contributed by atoms with Crippen LogP contribution in [-0.2, 0) is 0 Å². The minimum absolute atomic E-state index is 0.0801. The third-order valence-electron chi connectivity index (χ3n) is 2.10. The molecule has 2 amide bonds. The van der Waals surface area contributed by atoms with Gasteiger partial charge in [-0.2, -0.15) is 0 Å². The van der Waals surface area contributed by atoms with Crippen LogP contribution in [0.1, 0.15) is 18.5 Å². The topological polar surface area (TPSA) is 41.1 Å². The Balaban J connectivity index is 2.54. The summed E-state index contributed by atoms with van der Waals surface area (Å²) in [7, 11) is 0. The first-order valence-electron chi connectivity index (χ1n) is 5.04. The zero-order valence-corrected chi connectivity index (χ0v) is 9.92. The van der Waals surface area contributed by atoms with Gasteiger partial charge in [-0.25, -0.2) is 4.79 Å². The van der Waals surface area contributed by atoms with Gasteiger partial charge in [0.15, 0.2) is 0 Å². The van der Waals surface area contributed by atoms with Gasteiger partial charge in [-0.1, -0.05) is 29.8 Å². The monoisotopic (exact) mass is 238 g/mol. The zero-order valence-electron chi connectivity index (χ0n) is 9.16. The molecule has 0 saturated heterocycles. The third-order valence-corrected chi connectivity index (χ3v) is 2.34. The minimum Gasteiger partial charge on any atom is -0.335 e. The highest BCUT2D eigenvalue weighted by Crippen LogP contribution is 2.16. The molecule has 86 valence electrons. The van der Waals surface area contributed by atoms with E-state index < -0.39 is 0 Å². The van der Waals surface area contributed by atoms with Crippen molar-refractivity contribution in [1.29, 1.82) is 0 Å². The molecule has 4 heteroatoms. The number of urea groups is 1. The fourth-order valence-electron chi connectivity index (χ4n) is 1.27. The first-order chi connectivity index (χ1) is 7.63. The van der Waals surface area contributed by atoms with Crippen molar-refractivity contribution in [3.05, 3.63) is 47.5 Å². The zero-order chi connectivity index (χ0) is 12.0. The smallest absolute Gasteiger partial charge is 0.315 e. The number of carbonyl (C=O) groups is 1. The van der Waals surface area contributed by atoms with E-state index in [0.29, 0.717) is 11.6 Å². The molecule has 2 N–H and O–H groups in total. The van der Waals surface area contributed by atoms with E-state index in [-0.39, 0.29) is 12.1 Å². The second-order valence-corrected chi connectivity index (χ2v) is 3.86. The molecule has 0 aromatic heterocycles. The molecule has 1 unspecified atom stereocenters. The lowest BCUT2D eigenvalue weighted by atomic mass is 10.1. The predicted molar refractivity (Wildman–Crippen MR) is 66.6 cm³/mol. The Morgan fingerprint density at radius 1 is 1.62 bits per heavy atom. The summed E-state index contributed by atoms with van der Waals surface area (Å²) in [5, 5.41) is 6.11. The van der Waals surface area contributed by atoms with E-state index >= 15 is 0 Å². The molecule has 3 nitrogen and oxygen atoms in total. The van der Waals surface area contributed by atoms with Crippen molar-refractivity contribution in [1.82, 2.24) is 10.6 Å². The van der Waals surface area contributed by atoms with Gasteiger partial charge >= 0.3 is 6.03 Å². The average molecular weight is 239 g/mol. The summed E-state index contributed by atoms with van der Waals surface area (Å²) in [6, 6.07) is 7.12. The van der Waals surface area contributed by atoms with Crippen LogP contribution in [-0.4, -0.2) is 12.6 Å². The lowest BCUT2D eigenvalue weighted by Crippen LogP contribution is -2.37. The second kappa shape index (κ2) is 6.18. The van der Waals surface area contributed by atoms with Gasteiger partial charge in [0.2, 0.25) is 0 Å². The molecule has 1 rings (SSSR count). The van der Waals surface area contributed by atoms with Gasteiger partial charge in [0.05, 0.1) is 6.04 Å². The summed E-state index contributed by atoms with van der Waals surface area (Å²) in [4.78, 5) is 11.4. The van der Waals surface area contributed by atoms with Gasteiger partial charge in [-0.15, -0.1) is 6.58 Å². The van der Waals surface area contributed by atoms with Gasteiger partial charge in [0.1, 0.15) is 0 Å². The van der Waals surface area contributed by atoms with Crippen molar-refractivity contribution in [2.75, 3.05) is 6.54 Å². The number of carbonyl (C=O) groups excluding carboxylic acids is 1. The molecular formula is C12H15ClN2O. The predicted octanol–water partition coefficient (Wildman–Crippen LogP) is 2.89. The van der Waals surface area contributed by atoms with E-state index in [0.717, 1.165) is 5.56 Å². The summed E-state index contributed by atoms with van der Waals surface area (Å²) < 4.78 is 0. The average Bonchev–Trinajstić information content (AvgIpc) is 2.26. The molecule has 0 fully saturated rings. The van der Waals surface area contributed by atoms with Crippen molar-refractivity contribution >= 4 is 17.6 Å². The van der Waals surface area contributed by atoms with Crippen molar-refractivity contribution in [2.45, 2.75) is 13.0 Å². The van der Waals surface area contributed by atoms with Crippen molar-refractivity contribution in [3.8, 4) is 0 Å². The molecule has 0 heterocycles. The van der Waals surface area contributed by atoms with Gasteiger partial charge in [0.25, 0.3) is 0 Å². The van der Waals surface area contributed by atoms with Gasteiger partial charge < -0.3 is 10.6 Å². The molecule has 0 bridgehead atoms. The Morgan fingerprint density at radius 2 is 2.38 bits per heavy atom. The Labute approximate surface area is 100 Å². The molecule has 0 aliphatic carbocycles. The number of amides is 2. The van der Waals surface area contributed by atoms with Crippen LogP contribution >= 0.6 is 11.6 Å². The molecule has 1 atom stereocenters. The minimum atomic E-state index is -0.215. The molecule has 1 aromatic rings. The number of hydrogen-bond acceptors (Lipinski definition) is 1. The Kier molecular flexibility index (Phi) is 4.86. The van der Waals surface area contributed by atoms with Crippen LogP contribution in [0.25, 0.3) is 0 Å². The first kappa shape index (κ1) is 12.6. The second-order valence-electron chi connectivity index (χ2n) is 3.42. The molecular weight excluding hydrogens is 224 g/mol. The van der Waals surface area contributed by atoms with Crippen LogP contribution in [0.2, 0.25) is 5.02 Å². The van der Waals surface area contributed by atoms with Crippen LogP contribution < -0.4 is 10.6 Å². The maximum atomic E-state index is 11.4. The van der Waals surface area contributed by atoms with Crippen LogP contribution in [0.3, 0.4) is 0 Å². The van der Waals surface area contributed by atoms with E-state index in [4.69, 9.17) is 11.6 Å². The molecule has 0 spiro atoms. The highest BCUT2D eigenvalue weighted by molar-refractivity contribution is 6.30. The summed E-state index contributed by atoms with van der Waals surface area (Å²) in [5.41, 5.74) is 0.973. The molecule has 0 saturated carbocycles. The van der Waals surface area contributed by atoms with Crippen LogP contribution in [0.5, 0.6) is 0 Å². The van der Waals surface area contributed by atoms with E-state index in [1.54, 1.807) is 12.1 Å². The summed E-state index contributed by atoms with van der Waals surface area (Å²) >= 11 is 5.87. The lowest BCUT2D eigenvalue weighted by Gasteiger charge is -2.14. The molecule has 16 heavy (non-hydrogen) atoms. The maximum Gasteiger partial charge on any atom is 0.315 e. The fourth-order valence-corrected chi connectivity index (χ4v) is 1.47. The van der Waals surface area contributed by atoms with Gasteiger partial charge in [-0.05, 0) is 24.6 Å². The molecule has 1 aromatic carbocycles.